The molecule has 4 heterocycles. The fraction of sp³-hybridized carbons (Fsp3) is 0.345. The first-order chi connectivity index (χ1) is 34.9. The number of ether oxygens (including phenoxy) is 8. The van der Waals surface area contributed by atoms with Gasteiger partial charge in [-0.05, 0) is 107 Å². The van der Waals surface area contributed by atoms with E-state index in [4.69, 9.17) is 52.8 Å². The summed E-state index contributed by atoms with van der Waals surface area (Å²) in [7, 11) is 12.0. The maximum Gasteiger partial charge on any atom is 0.356 e. The highest BCUT2D eigenvalue weighted by molar-refractivity contribution is 5.91. The SMILES string of the molecule is CCc1cc(OC)ccc1-c1cc(CN2CCN(Cc3cc(-c4ccc(OC)cc4OC)cc(C(=O)OC)n3)CCN(Cc3cc(-c4ccc(OC)cc4OC)cc(C(=O)OC)n3)CC2)nc(C(=O)OC)c1. The molecule has 3 aromatic heterocycles. The summed E-state index contributed by atoms with van der Waals surface area (Å²) in [6.45, 7) is 6.91. The molecule has 0 saturated carbocycles. The summed E-state index contributed by atoms with van der Waals surface area (Å²) < 4.78 is 43.5. The minimum Gasteiger partial charge on any atom is -0.497 e. The molecule has 0 bridgehead atoms. The summed E-state index contributed by atoms with van der Waals surface area (Å²) >= 11 is 0. The lowest BCUT2D eigenvalue weighted by Gasteiger charge is -2.26. The van der Waals surface area contributed by atoms with E-state index in [9.17, 15) is 14.4 Å². The number of methoxy groups -OCH3 is 8. The molecule has 72 heavy (non-hydrogen) atoms. The van der Waals surface area contributed by atoms with Crippen LogP contribution in [0.25, 0.3) is 33.4 Å². The Labute approximate surface area is 420 Å². The van der Waals surface area contributed by atoms with Gasteiger partial charge in [0.2, 0.25) is 0 Å². The number of carbonyl (C=O) groups excluding carboxylic acids is 3. The summed E-state index contributed by atoms with van der Waals surface area (Å²) in [4.78, 5) is 60.9. The van der Waals surface area contributed by atoms with Crippen LogP contribution in [0.3, 0.4) is 0 Å². The standard InChI is InChI=1S/C55H62N6O11/c1-10-35-26-42(65-2)11-14-45(35)36-23-39(56-48(27-36)53(62)70-7)32-59-17-19-60(33-40-24-37(28-49(57-40)54(63)71-8)46-15-12-43(66-3)30-51(46)68-5)21-22-61(20-18-59)34-41-25-38(29-50(58-41)55(64)72-9)47-16-13-44(67-4)31-52(47)69-6/h11-16,23-31H,10,17-22,32-34H2,1-9H3. The van der Waals surface area contributed by atoms with Crippen LogP contribution in [0.2, 0.25) is 0 Å². The molecule has 0 aliphatic carbocycles. The Bertz CT molecular complexity index is 2570. The molecule has 0 radical (unpaired) electrons. The van der Waals surface area contributed by atoms with Crippen molar-refractivity contribution in [3.05, 3.63) is 131 Å². The molecule has 0 atom stereocenters. The highest BCUT2D eigenvalue weighted by Crippen LogP contribution is 2.36. The summed E-state index contributed by atoms with van der Waals surface area (Å²) in [5, 5.41) is 0. The first-order valence-corrected chi connectivity index (χ1v) is 23.5. The van der Waals surface area contributed by atoms with Crippen molar-refractivity contribution in [2.24, 2.45) is 0 Å². The normalized spacial score (nSPS) is 13.5. The zero-order chi connectivity index (χ0) is 51.3. The second-order valence-electron chi connectivity index (χ2n) is 17.0. The fourth-order valence-electron chi connectivity index (χ4n) is 8.79. The van der Waals surface area contributed by atoms with E-state index in [1.54, 1.807) is 65.9 Å². The smallest absolute Gasteiger partial charge is 0.356 e. The number of nitrogens with zero attached hydrogens (tertiary/aromatic N) is 6. The van der Waals surface area contributed by atoms with Gasteiger partial charge in [0.25, 0.3) is 0 Å². The minimum absolute atomic E-state index is 0.159. The average molecular weight is 983 g/mol. The first kappa shape index (κ1) is 52.2. The van der Waals surface area contributed by atoms with Gasteiger partial charge in [0.1, 0.15) is 45.8 Å². The molecule has 1 fully saturated rings. The number of aromatic nitrogens is 3. The molecule has 0 unspecified atom stereocenters. The van der Waals surface area contributed by atoms with Gasteiger partial charge in [-0.3, -0.25) is 14.7 Å². The second-order valence-corrected chi connectivity index (χ2v) is 17.0. The number of pyridine rings is 3. The van der Waals surface area contributed by atoms with Crippen LogP contribution in [-0.2, 0) is 40.3 Å². The molecule has 7 rings (SSSR count). The lowest BCUT2D eigenvalue weighted by atomic mass is 9.97. The highest BCUT2D eigenvalue weighted by atomic mass is 16.5. The molecular formula is C55H62N6O11. The summed E-state index contributed by atoms with van der Waals surface area (Å²) in [6, 6.07) is 28.1. The quantitative estimate of drug-likeness (QED) is 0.0606. The van der Waals surface area contributed by atoms with Gasteiger partial charge < -0.3 is 37.9 Å². The van der Waals surface area contributed by atoms with Gasteiger partial charge >= 0.3 is 17.9 Å². The van der Waals surface area contributed by atoms with E-state index in [1.807, 2.05) is 60.7 Å². The largest absolute Gasteiger partial charge is 0.497 e. The molecule has 17 heteroatoms. The average Bonchev–Trinajstić information content (AvgIpc) is 3.51. The van der Waals surface area contributed by atoms with Crippen LogP contribution in [0.5, 0.6) is 28.7 Å². The Kier molecular flexibility index (Phi) is 17.8. The zero-order valence-corrected chi connectivity index (χ0v) is 42.4. The monoisotopic (exact) mass is 982 g/mol. The molecule has 1 saturated heterocycles. The van der Waals surface area contributed by atoms with Gasteiger partial charge in [-0.1, -0.05) is 13.0 Å². The van der Waals surface area contributed by atoms with Gasteiger partial charge in [-0.15, -0.1) is 0 Å². The van der Waals surface area contributed by atoms with Crippen LogP contribution >= 0.6 is 0 Å². The van der Waals surface area contributed by atoms with E-state index in [2.05, 4.69) is 21.6 Å². The molecule has 0 amide bonds. The number of benzene rings is 3. The minimum atomic E-state index is -0.567. The lowest BCUT2D eigenvalue weighted by Crippen LogP contribution is -2.36. The topological polar surface area (TPSA) is 173 Å². The van der Waals surface area contributed by atoms with E-state index < -0.39 is 17.9 Å². The van der Waals surface area contributed by atoms with Crippen molar-refractivity contribution in [3.63, 3.8) is 0 Å². The Morgan fingerprint density at radius 1 is 0.417 bits per heavy atom. The van der Waals surface area contributed by atoms with Crippen molar-refractivity contribution in [2.45, 2.75) is 33.0 Å². The second kappa shape index (κ2) is 24.5. The van der Waals surface area contributed by atoms with Crippen molar-refractivity contribution >= 4 is 17.9 Å². The third-order valence-electron chi connectivity index (χ3n) is 12.6. The van der Waals surface area contributed by atoms with Gasteiger partial charge in [-0.25, -0.2) is 29.3 Å². The van der Waals surface area contributed by atoms with E-state index >= 15 is 0 Å². The third-order valence-corrected chi connectivity index (χ3v) is 12.6. The fourth-order valence-corrected chi connectivity index (χ4v) is 8.79. The van der Waals surface area contributed by atoms with E-state index in [-0.39, 0.29) is 17.1 Å². The van der Waals surface area contributed by atoms with Gasteiger partial charge in [-0.2, -0.15) is 0 Å². The molecule has 1 aliphatic rings. The first-order valence-electron chi connectivity index (χ1n) is 23.5. The number of hydrogen-bond acceptors (Lipinski definition) is 17. The Morgan fingerprint density at radius 2 is 0.736 bits per heavy atom. The third kappa shape index (κ3) is 12.6. The van der Waals surface area contributed by atoms with Crippen LogP contribution in [-0.4, -0.2) is 144 Å². The van der Waals surface area contributed by atoms with Crippen molar-refractivity contribution in [1.82, 2.24) is 29.7 Å². The Hall–Kier alpha value is -7.60. The van der Waals surface area contributed by atoms with Crippen LogP contribution in [0.1, 0.15) is 61.0 Å². The van der Waals surface area contributed by atoms with Crippen molar-refractivity contribution in [1.29, 1.82) is 0 Å². The molecule has 17 nitrogen and oxygen atoms in total. The Balaban J connectivity index is 1.27. The zero-order valence-electron chi connectivity index (χ0n) is 42.4. The number of rotatable bonds is 18. The summed E-state index contributed by atoms with van der Waals surface area (Å²) in [5.41, 5.74) is 8.35. The predicted molar refractivity (Wildman–Crippen MR) is 271 cm³/mol. The van der Waals surface area contributed by atoms with Crippen molar-refractivity contribution in [2.75, 3.05) is 96.1 Å². The van der Waals surface area contributed by atoms with Crippen LogP contribution < -0.4 is 23.7 Å². The molecule has 0 spiro atoms. The number of carbonyl (C=O) groups is 3. The van der Waals surface area contributed by atoms with Gasteiger partial charge in [0, 0.05) is 82.2 Å². The molecule has 0 N–H and O–H groups in total. The molecule has 3 aromatic carbocycles. The van der Waals surface area contributed by atoms with Crippen LogP contribution in [0, 0.1) is 0 Å². The predicted octanol–water partition coefficient (Wildman–Crippen LogP) is 7.66. The molecule has 378 valence electrons. The summed E-state index contributed by atoms with van der Waals surface area (Å²) in [5.74, 6) is 1.47. The maximum absolute atomic E-state index is 13.2. The van der Waals surface area contributed by atoms with E-state index in [0.29, 0.717) is 99.0 Å². The number of aryl methyl sites for hydroxylation is 1. The van der Waals surface area contributed by atoms with Crippen LogP contribution in [0.15, 0.2) is 91.0 Å². The van der Waals surface area contributed by atoms with E-state index in [0.717, 1.165) is 51.1 Å². The maximum atomic E-state index is 13.2. The van der Waals surface area contributed by atoms with Crippen LogP contribution in [0.4, 0.5) is 0 Å². The van der Waals surface area contributed by atoms with E-state index in [1.165, 1.54) is 21.3 Å². The summed E-state index contributed by atoms with van der Waals surface area (Å²) in [6.07, 6.45) is 0.745. The molecular weight excluding hydrogens is 921 g/mol. The molecule has 6 aromatic rings. The number of hydrogen-bond donors (Lipinski definition) is 0. The van der Waals surface area contributed by atoms with Gasteiger partial charge in [0.15, 0.2) is 0 Å². The lowest BCUT2D eigenvalue weighted by molar-refractivity contribution is 0.0584. The molecule has 1 aliphatic heterocycles. The number of esters is 3. The Morgan fingerprint density at radius 3 is 1.04 bits per heavy atom. The van der Waals surface area contributed by atoms with Gasteiger partial charge in [0.05, 0.1) is 74.0 Å². The highest BCUT2D eigenvalue weighted by Gasteiger charge is 2.24. The van der Waals surface area contributed by atoms with Crippen molar-refractivity contribution < 1.29 is 52.3 Å². The van der Waals surface area contributed by atoms with Crippen molar-refractivity contribution in [3.8, 4) is 62.1 Å².